The molecule has 0 radical (unpaired) electrons. The van der Waals surface area contributed by atoms with Crippen molar-refractivity contribution in [2.75, 3.05) is 19.7 Å². The number of rotatable bonds is 12. The molecule has 47 heavy (non-hydrogen) atoms. The van der Waals surface area contributed by atoms with Gasteiger partial charge in [0, 0.05) is 24.5 Å². The Morgan fingerprint density at radius 2 is 1.72 bits per heavy atom. The predicted molar refractivity (Wildman–Crippen MR) is 175 cm³/mol. The van der Waals surface area contributed by atoms with Crippen molar-refractivity contribution >= 4 is 19.1 Å². The molecule has 0 aliphatic carbocycles. The van der Waals surface area contributed by atoms with E-state index >= 15 is 0 Å². The lowest BCUT2D eigenvalue weighted by atomic mass is 9.75. The van der Waals surface area contributed by atoms with E-state index in [-0.39, 0.29) is 37.9 Å². The summed E-state index contributed by atoms with van der Waals surface area (Å²) in [6.45, 7) is 11.7. The Labute approximate surface area is 278 Å². The molecule has 0 aromatic heterocycles. The largest absolute Gasteiger partial charge is 0.482 e. The zero-order chi connectivity index (χ0) is 34.3. The summed E-state index contributed by atoms with van der Waals surface area (Å²) in [6, 6.07) is 12.2. The lowest BCUT2D eigenvalue weighted by molar-refractivity contribution is -0.139. The van der Waals surface area contributed by atoms with Crippen LogP contribution >= 0.6 is 0 Å². The van der Waals surface area contributed by atoms with E-state index in [4.69, 9.17) is 14.0 Å². The van der Waals surface area contributed by atoms with E-state index in [0.29, 0.717) is 38.6 Å². The van der Waals surface area contributed by atoms with Crippen molar-refractivity contribution in [3.63, 3.8) is 0 Å². The molecule has 1 aromatic carbocycles. The number of alkyl halides is 2. The molecule has 2 bridgehead atoms. The minimum absolute atomic E-state index is 0.00123. The second-order valence-corrected chi connectivity index (χ2v) is 15.7. The number of benzene rings is 1. The first-order chi connectivity index (χ1) is 22.0. The Balaban J connectivity index is 1.21. The fourth-order valence-electron chi connectivity index (χ4n) is 7.66. The molecule has 1 unspecified atom stereocenters. The number of nitrogens with one attached hydrogen (secondary N) is 1. The van der Waals surface area contributed by atoms with Crippen molar-refractivity contribution in [3.05, 3.63) is 35.9 Å². The van der Waals surface area contributed by atoms with Crippen LogP contribution in [0.3, 0.4) is 0 Å². The number of likely N-dealkylation sites (tertiary alicyclic amines) is 1. The van der Waals surface area contributed by atoms with Crippen LogP contribution in [0.4, 0.5) is 13.6 Å². The Hall–Kier alpha value is -2.75. The van der Waals surface area contributed by atoms with Crippen LogP contribution in [0.5, 0.6) is 0 Å². The standard InChI is InChI=1S/C35H51BF2N4O5/c1-31(2,41-21-20-35(37,38)23-41)17-14-26(22-39)29(43)42-27-15-18-34(42,19-16-27)24-45-30(44)40-28(13-12-25-10-8-7-9-11-25)36-46-32(3,4)33(5,6)47-36/h7-11,26-28H,12-21,23-24H2,1-6H3,(H,40,44)/t26?,27?,28-,34?/m0/s1. The summed E-state index contributed by atoms with van der Waals surface area (Å²) in [5.41, 5.74) is -1.23. The van der Waals surface area contributed by atoms with Crippen LogP contribution in [-0.2, 0) is 25.3 Å². The number of ether oxygens (including phenoxy) is 1. The van der Waals surface area contributed by atoms with Crippen LogP contribution in [0.1, 0.15) is 98.5 Å². The molecule has 12 heteroatoms. The van der Waals surface area contributed by atoms with Crippen LogP contribution in [0.2, 0.25) is 0 Å². The van der Waals surface area contributed by atoms with Crippen LogP contribution in [0.25, 0.3) is 0 Å². The summed E-state index contributed by atoms with van der Waals surface area (Å²) < 4.78 is 46.3. The zero-order valence-electron chi connectivity index (χ0n) is 28.8. The number of nitrogens with zero attached hydrogens (tertiary/aromatic N) is 3. The monoisotopic (exact) mass is 656 g/mol. The quantitative estimate of drug-likeness (QED) is 0.279. The van der Waals surface area contributed by atoms with Gasteiger partial charge in [-0.05, 0) is 98.5 Å². The highest BCUT2D eigenvalue weighted by atomic mass is 19.3. The van der Waals surface area contributed by atoms with Crippen molar-refractivity contribution in [2.24, 2.45) is 5.92 Å². The Bertz CT molecular complexity index is 1310. The number of aryl methyl sites for hydroxylation is 1. The lowest BCUT2D eigenvalue weighted by Gasteiger charge is -2.38. The number of carbonyl (C=O) groups is 2. The minimum Gasteiger partial charge on any atom is -0.447 e. The topological polar surface area (TPSA) is 104 Å². The second-order valence-electron chi connectivity index (χ2n) is 15.7. The lowest BCUT2D eigenvalue weighted by Crippen LogP contribution is -2.53. The number of halogens is 2. The van der Waals surface area contributed by atoms with Gasteiger partial charge in [-0.25, -0.2) is 13.6 Å². The van der Waals surface area contributed by atoms with Crippen molar-refractivity contribution in [1.82, 2.24) is 15.1 Å². The number of amides is 2. The summed E-state index contributed by atoms with van der Waals surface area (Å²) >= 11 is 0. The van der Waals surface area contributed by atoms with Crippen molar-refractivity contribution in [3.8, 4) is 6.07 Å². The van der Waals surface area contributed by atoms with Gasteiger partial charge < -0.3 is 24.3 Å². The zero-order valence-corrected chi connectivity index (χ0v) is 28.8. The smallest absolute Gasteiger partial charge is 0.447 e. The molecular weight excluding hydrogens is 605 g/mol. The number of hydrogen-bond donors (Lipinski definition) is 1. The van der Waals surface area contributed by atoms with Crippen molar-refractivity contribution in [1.29, 1.82) is 5.26 Å². The first kappa shape index (κ1) is 35.6. The van der Waals surface area contributed by atoms with Gasteiger partial charge in [0.1, 0.15) is 12.5 Å². The third-order valence-corrected chi connectivity index (χ3v) is 11.5. The van der Waals surface area contributed by atoms with Gasteiger partial charge in [0.2, 0.25) is 5.91 Å². The maximum Gasteiger partial charge on any atom is 0.482 e. The fourth-order valence-corrected chi connectivity index (χ4v) is 7.66. The molecule has 2 amide bonds. The van der Waals surface area contributed by atoms with E-state index in [1.165, 1.54) is 0 Å². The normalized spacial score (nSPS) is 27.4. The molecule has 4 aliphatic heterocycles. The van der Waals surface area contributed by atoms with Gasteiger partial charge in [-0.15, -0.1) is 0 Å². The number of fused-ring (bicyclic) bond motifs is 2. The van der Waals surface area contributed by atoms with E-state index in [1.807, 2.05) is 76.8 Å². The molecule has 4 saturated heterocycles. The van der Waals surface area contributed by atoms with Gasteiger partial charge in [0.05, 0.1) is 35.3 Å². The minimum atomic E-state index is -2.71. The van der Waals surface area contributed by atoms with E-state index in [2.05, 4.69) is 11.4 Å². The van der Waals surface area contributed by atoms with Gasteiger partial charge in [0.25, 0.3) is 5.92 Å². The van der Waals surface area contributed by atoms with E-state index in [9.17, 15) is 23.6 Å². The fraction of sp³-hybridized carbons (Fsp3) is 0.743. The summed E-state index contributed by atoms with van der Waals surface area (Å²) in [4.78, 5) is 30.8. The molecule has 5 rings (SSSR count). The molecule has 1 N–H and O–H groups in total. The van der Waals surface area contributed by atoms with E-state index in [1.54, 1.807) is 4.90 Å². The number of nitriles is 1. The second kappa shape index (κ2) is 13.3. The van der Waals surface area contributed by atoms with Crippen molar-refractivity contribution < 1.29 is 32.4 Å². The number of alkyl carbamates (subject to hydrolysis) is 1. The molecule has 4 fully saturated rings. The molecule has 0 spiro atoms. The van der Waals surface area contributed by atoms with E-state index in [0.717, 1.165) is 18.4 Å². The maximum atomic E-state index is 13.9. The molecule has 0 saturated carbocycles. The van der Waals surface area contributed by atoms with E-state index < -0.39 is 53.3 Å². The molecule has 258 valence electrons. The summed E-state index contributed by atoms with van der Waals surface area (Å²) in [5, 5.41) is 13.1. The molecule has 4 aliphatic rings. The third-order valence-electron chi connectivity index (χ3n) is 11.5. The first-order valence-electron chi connectivity index (χ1n) is 17.2. The van der Waals surface area contributed by atoms with Crippen LogP contribution in [0, 0.1) is 17.2 Å². The summed E-state index contributed by atoms with van der Waals surface area (Å²) in [7, 11) is -0.665. The Morgan fingerprint density at radius 1 is 1.09 bits per heavy atom. The molecular formula is C35H51BF2N4O5. The maximum absolute atomic E-state index is 13.9. The predicted octanol–water partition coefficient (Wildman–Crippen LogP) is 5.91. The molecule has 9 nitrogen and oxygen atoms in total. The Morgan fingerprint density at radius 3 is 2.30 bits per heavy atom. The first-order valence-corrected chi connectivity index (χ1v) is 17.2. The van der Waals surface area contributed by atoms with Crippen molar-refractivity contribution in [2.45, 2.75) is 140 Å². The molecule has 4 heterocycles. The SMILES string of the molecule is CC(C)(CCC(C#N)C(=O)N1C2CCC1(COC(=O)N[C@@H](CCc1ccccc1)B1OC(C)(C)C(C)(C)O1)CC2)N1CCC(F)(F)C1. The molecule has 1 aromatic rings. The highest BCUT2D eigenvalue weighted by Crippen LogP contribution is 2.48. The van der Waals surface area contributed by atoms with Gasteiger partial charge in [0.15, 0.2) is 0 Å². The van der Waals surface area contributed by atoms with Gasteiger partial charge >= 0.3 is 13.2 Å². The third kappa shape index (κ3) is 7.63. The average Bonchev–Trinajstić information content (AvgIpc) is 3.73. The summed E-state index contributed by atoms with van der Waals surface area (Å²) in [6.07, 6.45) is 4.19. The van der Waals surface area contributed by atoms with Gasteiger partial charge in [-0.3, -0.25) is 9.69 Å². The summed E-state index contributed by atoms with van der Waals surface area (Å²) in [5.74, 6) is -4.32. The number of hydrogen-bond acceptors (Lipinski definition) is 7. The highest BCUT2D eigenvalue weighted by molar-refractivity contribution is 6.48. The average molecular weight is 657 g/mol. The van der Waals surface area contributed by atoms with Crippen LogP contribution in [-0.4, -0.2) is 88.8 Å². The van der Waals surface area contributed by atoms with Gasteiger partial charge in [-0.2, -0.15) is 5.26 Å². The highest BCUT2D eigenvalue weighted by Gasteiger charge is 2.57. The number of carbonyl (C=O) groups excluding carboxylic acids is 2. The molecule has 2 atom stereocenters. The Kier molecular flexibility index (Phi) is 10.0. The van der Waals surface area contributed by atoms with Crippen LogP contribution in [0.15, 0.2) is 30.3 Å². The van der Waals surface area contributed by atoms with Gasteiger partial charge in [-0.1, -0.05) is 30.3 Å². The van der Waals surface area contributed by atoms with Crippen LogP contribution < -0.4 is 5.32 Å².